The van der Waals surface area contributed by atoms with Gasteiger partial charge in [-0.1, -0.05) is 6.07 Å². The third-order valence-electron chi connectivity index (χ3n) is 3.00. The molecule has 0 spiro atoms. The Morgan fingerprint density at radius 2 is 2.05 bits per heavy atom. The lowest BCUT2D eigenvalue weighted by atomic mass is 10.1. The number of ether oxygens (including phenoxy) is 1. The monoisotopic (exact) mass is 288 g/mol. The second-order valence-electron chi connectivity index (χ2n) is 4.37. The van der Waals surface area contributed by atoms with E-state index in [2.05, 4.69) is 4.98 Å². The number of carboxylic acids is 1. The van der Waals surface area contributed by atoms with Gasteiger partial charge in [0.2, 0.25) is 0 Å². The molecule has 2 rings (SSSR count). The number of nitro groups is 1. The molecule has 108 valence electrons. The molecule has 0 radical (unpaired) electrons. The first kappa shape index (κ1) is 14.4. The topological polar surface area (TPSA) is 103 Å². The molecule has 1 aromatic carbocycles. The lowest BCUT2D eigenvalue weighted by Crippen LogP contribution is -2.03. The molecule has 0 aliphatic carbocycles. The minimum atomic E-state index is -1.09. The van der Waals surface area contributed by atoms with E-state index in [1.54, 1.807) is 13.8 Å². The summed E-state index contributed by atoms with van der Waals surface area (Å²) in [5.74, 6) is -1.04. The molecule has 0 aliphatic heterocycles. The Balaban J connectivity index is 2.49. The highest BCUT2D eigenvalue weighted by Crippen LogP contribution is 2.33. The van der Waals surface area contributed by atoms with Crippen LogP contribution in [-0.2, 0) is 0 Å². The van der Waals surface area contributed by atoms with Crippen molar-refractivity contribution in [2.75, 3.05) is 0 Å². The molecule has 0 fully saturated rings. The number of aryl methyl sites for hydroxylation is 1. The summed E-state index contributed by atoms with van der Waals surface area (Å²) in [5, 5.41) is 20.1. The van der Waals surface area contributed by atoms with Crippen molar-refractivity contribution < 1.29 is 19.6 Å². The number of hydrogen-bond acceptors (Lipinski definition) is 5. The van der Waals surface area contributed by atoms with Crippen LogP contribution in [0.25, 0.3) is 0 Å². The number of carbonyl (C=O) groups is 1. The highest BCUT2D eigenvalue weighted by Gasteiger charge is 2.22. The molecule has 7 heteroatoms. The number of nitrogens with zero attached hydrogens (tertiary/aromatic N) is 2. The Bertz CT molecular complexity index is 727. The Morgan fingerprint density at radius 1 is 1.33 bits per heavy atom. The molecule has 1 heterocycles. The fourth-order valence-corrected chi connectivity index (χ4v) is 1.88. The largest absolute Gasteiger partial charge is 0.478 e. The molecule has 0 saturated heterocycles. The number of carboxylic acid groups (broad SMARTS) is 1. The van der Waals surface area contributed by atoms with Crippen LogP contribution >= 0.6 is 0 Å². The van der Waals surface area contributed by atoms with Crippen molar-refractivity contribution in [3.63, 3.8) is 0 Å². The van der Waals surface area contributed by atoms with E-state index in [-0.39, 0.29) is 22.9 Å². The van der Waals surface area contributed by atoms with Crippen molar-refractivity contribution in [1.82, 2.24) is 4.98 Å². The van der Waals surface area contributed by atoms with Gasteiger partial charge in [-0.3, -0.25) is 10.1 Å². The van der Waals surface area contributed by atoms with Gasteiger partial charge in [0, 0.05) is 17.3 Å². The van der Waals surface area contributed by atoms with Crippen LogP contribution in [0.5, 0.6) is 11.6 Å². The molecular formula is C14H12N2O5. The smallest absolute Gasteiger partial charge is 0.336 e. The highest BCUT2D eigenvalue weighted by atomic mass is 16.6. The van der Waals surface area contributed by atoms with Crippen LogP contribution in [0.4, 0.5) is 5.69 Å². The summed E-state index contributed by atoms with van der Waals surface area (Å²) in [4.78, 5) is 25.4. The Kier molecular flexibility index (Phi) is 3.84. The van der Waals surface area contributed by atoms with Crippen molar-refractivity contribution in [3.8, 4) is 11.6 Å². The summed E-state index contributed by atoms with van der Waals surface area (Å²) in [6, 6.07) is 5.98. The SMILES string of the molecule is Cc1ccnc(Oc2cccc(C(=O)O)c2C)c1[N+](=O)[O-]. The van der Waals surface area contributed by atoms with Crippen molar-refractivity contribution in [3.05, 3.63) is 57.3 Å². The van der Waals surface area contributed by atoms with E-state index >= 15 is 0 Å². The molecule has 1 aromatic heterocycles. The van der Waals surface area contributed by atoms with Gasteiger partial charge >= 0.3 is 11.7 Å². The Hall–Kier alpha value is -2.96. The van der Waals surface area contributed by atoms with Gasteiger partial charge in [0.1, 0.15) is 5.75 Å². The highest BCUT2D eigenvalue weighted by molar-refractivity contribution is 5.90. The molecule has 0 aliphatic rings. The van der Waals surface area contributed by atoms with Gasteiger partial charge in [0.05, 0.1) is 10.5 Å². The van der Waals surface area contributed by atoms with Gasteiger partial charge in [-0.05, 0) is 32.0 Å². The second kappa shape index (κ2) is 5.58. The number of rotatable bonds is 4. The van der Waals surface area contributed by atoms with E-state index in [0.29, 0.717) is 11.1 Å². The van der Waals surface area contributed by atoms with E-state index in [0.717, 1.165) is 0 Å². The lowest BCUT2D eigenvalue weighted by Gasteiger charge is -2.10. The van der Waals surface area contributed by atoms with Crippen LogP contribution in [0.3, 0.4) is 0 Å². The van der Waals surface area contributed by atoms with Gasteiger partial charge in [-0.2, -0.15) is 0 Å². The Labute approximate surface area is 120 Å². The molecular weight excluding hydrogens is 276 g/mol. The summed E-state index contributed by atoms with van der Waals surface area (Å²) in [5.41, 5.74) is 0.625. The first-order valence-corrected chi connectivity index (χ1v) is 6.02. The number of hydrogen-bond donors (Lipinski definition) is 1. The van der Waals surface area contributed by atoms with Crippen LogP contribution < -0.4 is 4.74 Å². The summed E-state index contributed by atoms with van der Waals surface area (Å²) < 4.78 is 5.46. The summed E-state index contributed by atoms with van der Waals surface area (Å²) in [7, 11) is 0. The third-order valence-corrected chi connectivity index (χ3v) is 3.00. The minimum absolute atomic E-state index is 0.0720. The van der Waals surface area contributed by atoms with Crippen molar-refractivity contribution in [2.24, 2.45) is 0 Å². The molecule has 2 aromatic rings. The molecule has 7 nitrogen and oxygen atoms in total. The first-order valence-electron chi connectivity index (χ1n) is 6.02. The maximum atomic E-state index is 11.1. The van der Waals surface area contributed by atoms with Gasteiger partial charge in [0.25, 0.3) is 5.88 Å². The van der Waals surface area contributed by atoms with Crippen LogP contribution in [0.15, 0.2) is 30.5 Å². The predicted octanol–water partition coefficient (Wildman–Crippen LogP) is 3.10. The zero-order valence-corrected chi connectivity index (χ0v) is 11.4. The average molecular weight is 288 g/mol. The molecule has 1 N–H and O–H groups in total. The van der Waals surface area contributed by atoms with Gasteiger partial charge in [-0.15, -0.1) is 0 Å². The molecule has 0 amide bonds. The third kappa shape index (κ3) is 2.81. The fourth-order valence-electron chi connectivity index (χ4n) is 1.88. The maximum Gasteiger partial charge on any atom is 0.336 e. The summed E-state index contributed by atoms with van der Waals surface area (Å²) in [6.45, 7) is 3.15. The van der Waals surface area contributed by atoms with E-state index in [1.165, 1.54) is 30.5 Å². The summed E-state index contributed by atoms with van der Waals surface area (Å²) in [6.07, 6.45) is 1.40. The fraction of sp³-hybridized carbons (Fsp3) is 0.143. The van der Waals surface area contributed by atoms with Crippen molar-refractivity contribution >= 4 is 11.7 Å². The number of benzene rings is 1. The minimum Gasteiger partial charge on any atom is -0.478 e. The standard InChI is InChI=1S/C14H12N2O5/c1-8-6-7-15-13(12(8)16(19)20)21-11-5-3-4-10(9(11)2)14(17)18/h3-7H,1-2H3,(H,17,18). The predicted molar refractivity (Wildman–Crippen MR) is 73.8 cm³/mol. The van der Waals surface area contributed by atoms with Crippen LogP contribution in [0, 0.1) is 24.0 Å². The van der Waals surface area contributed by atoms with Gasteiger partial charge in [-0.25, -0.2) is 9.78 Å². The number of pyridine rings is 1. The van der Waals surface area contributed by atoms with E-state index in [1.807, 2.05) is 0 Å². The average Bonchev–Trinajstić information content (AvgIpc) is 2.40. The van der Waals surface area contributed by atoms with Crippen LogP contribution in [-0.4, -0.2) is 21.0 Å². The second-order valence-corrected chi connectivity index (χ2v) is 4.37. The first-order chi connectivity index (χ1) is 9.91. The van der Waals surface area contributed by atoms with Crippen LogP contribution in [0.1, 0.15) is 21.5 Å². The summed E-state index contributed by atoms with van der Waals surface area (Å²) >= 11 is 0. The van der Waals surface area contributed by atoms with Gasteiger partial charge < -0.3 is 9.84 Å². The lowest BCUT2D eigenvalue weighted by molar-refractivity contribution is -0.386. The molecule has 0 unspecified atom stereocenters. The zero-order valence-electron chi connectivity index (χ0n) is 11.4. The molecule has 0 bridgehead atoms. The Morgan fingerprint density at radius 3 is 2.67 bits per heavy atom. The normalized spacial score (nSPS) is 10.2. The van der Waals surface area contributed by atoms with E-state index < -0.39 is 10.9 Å². The molecule has 21 heavy (non-hydrogen) atoms. The van der Waals surface area contributed by atoms with Crippen molar-refractivity contribution in [2.45, 2.75) is 13.8 Å². The van der Waals surface area contributed by atoms with Crippen molar-refractivity contribution in [1.29, 1.82) is 0 Å². The van der Waals surface area contributed by atoms with Crippen LogP contribution in [0.2, 0.25) is 0 Å². The van der Waals surface area contributed by atoms with Gasteiger partial charge in [0.15, 0.2) is 0 Å². The quantitative estimate of drug-likeness (QED) is 0.685. The maximum absolute atomic E-state index is 11.1. The number of aromatic nitrogens is 1. The molecule has 0 saturated carbocycles. The number of aromatic carboxylic acids is 1. The zero-order chi connectivity index (χ0) is 15.6. The van der Waals surface area contributed by atoms with E-state index in [4.69, 9.17) is 9.84 Å². The molecule has 0 atom stereocenters. The van der Waals surface area contributed by atoms with E-state index in [9.17, 15) is 14.9 Å².